The molecular weight excluding hydrogens is 472 g/mol. The molecule has 0 fully saturated rings. The lowest BCUT2D eigenvalue weighted by Gasteiger charge is -2.21. The standard InChI is InChI=1S/C32H35ClN2.C2H4/c1-22(2)19-28(13-12-25-8-4-5-10-31(25)23(3)34)27-9-6-7-24(20-27)11-17-30-18-15-26-14-16-29(33)21-32(26)35-30;1-2/h4-11,14-18,20-23,28H,12-13,19,34H2,1-3H3;1-2H2/b17-11+;/t23?,28-;/m0./s1. The lowest BCUT2D eigenvalue weighted by atomic mass is 9.84. The van der Waals surface area contributed by atoms with Crippen LogP contribution in [0.2, 0.25) is 5.02 Å². The van der Waals surface area contributed by atoms with Crippen molar-refractivity contribution in [3.63, 3.8) is 0 Å². The van der Waals surface area contributed by atoms with Crippen molar-refractivity contribution in [2.75, 3.05) is 0 Å². The van der Waals surface area contributed by atoms with Crippen molar-refractivity contribution < 1.29 is 0 Å². The van der Waals surface area contributed by atoms with Crippen molar-refractivity contribution in [2.24, 2.45) is 11.7 Å². The molecular formula is C34H39ClN2. The Balaban J connectivity index is 0.00000186. The van der Waals surface area contributed by atoms with Gasteiger partial charge >= 0.3 is 0 Å². The van der Waals surface area contributed by atoms with E-state index in [1.54, 1.807) is 0 Å². The van der Waals surface area contributed by atoms with Gasteiger partial charge in [-0.25, -0.2) is 4.98 Å². The Bertz CT molecular complexity index is 1320. The fourth-order valence-electron chi connectivity index (χ4n) is 4.82. The summed E-state index contributed by atoms with van der Waals surface area (Å²) in [6, 6.07) is 27.6. The first-order chi connectivity index (χ1) is 17.9. The van der Waals surface area contributed by atoms with E-state index in [1.165, 1.54) is 28.7 Å². The molecule has 4 aromatic rings. The van der Waals surface area contributed by atoms with Crippen molar-refractivity contribution in [3.8, 4) is 0 Å². The van der Waals surface area contributed by atoms with Gasteiger partial charge in [0.05, 0.1) is 11.2 Å². The fourth-order valence-corrected chi connectivity index (χ4v) is 4.99. The smallest absolute Gasteiger partial charge is 0.0724 e. The first-order valence-electron chi connectivity index (χ1n) is 13.1. The van der Waals surface area contributed by atoms with Gasteiger partial charge in [-0.2, -0.15) is 0 Å². The molecule has 0 aliphatic rings. The maximum Gasteiger partial charge on any atom is 0.0724 e. The molecule has 2 nitrogen and oxygen atoms in total. The highest BCUT2D eigenvalue weighted by Gasteiger charge is 2.16. The normalized spacial score (nSPS) is 12.9. The van der Waals surface area contributed by atoms with E-state index in [2.05, 4.69) is 101 Å². The van der Waals surface area contributed by atoms with Gasteiger partial charge in [-0.1, -0.05) is 92.2 Å². The second-order valence-corrected chi connectivity index (χ2v) is 10.4. The van der Waals surface area contributed by atoms with Crippen LogP contribution in [0.3, 0.4) is 0 Å². The summed E-state index contributed by atoms with van der Waals surface area (Å²) in [6.45, 7) is 12.7. The highest BCUT2D eigenvalue weighted by molar-refractivity contribution is 6.31. The number of nitrogens with zero attached hydrogens (tertiary/aromatic N) is 1. The molecule has 0 saturated carbocycles. The third kappa shape index (κ3) is 8.15. The molecule has 0 radical (unpaired) electrons. The number of hydrogen-bond donors (Lipinski definition) is 1. The summed E-state index contributed by atoms with van der Waals surface area (Å²) in [5.74, 6) is 1.14. The van der Waals surface area contributed by atoms with Crippen LogP contribution >= 0.6 is 11.6 Å². The molecule has 2 atom stereocenters. The Labute approximate surface area is 227 Å². The van der Waals surface area contributed by atoms with Crippen molar-refractivity contribution in [3.05, 3.63) is 125 Å². The van der Waals surface area contributed by atoms with Crippen molar-refractivity contribution in [1.29, 1.82) is 0 Å². The molecule has 3 heteroatoms. The minimum absolute atomic E-state index is 0.0583. The van der Waals surface area contributed by atoms with E-state index in [0.29, 0.717) is 16.9 Å². The lowest BCUT2D eigenvalue weighted by molar-refractivity contribution is 0.475. The molecule has 4 rings (SSSR count). The average Bonchev–Trinajstić information content (AvgIpc) is 2.90. The van der Waals surface area contributed by atoms with Gasteiger partial charge in [0.1, 0.15) is 0 Å². The van der Waals surface area contributed by atoms with E-state index in [1.807, 2.05) is 24.3 Å². The highest BCUT2D eigenvalue weighted by Crippen LogP contribution is 2.31. The number of hydrogen-bond acceptors (Lipinski definition) is 2. The fraction of sp³-hybridized carbons (Fsp3) is 0.265. The molecule has 0 amide bonds. The summed E-state index contributed by atoms with van der Waals surface area (Å²) < 4.78 is 0. The van der Waals surface area contributed by atoms with Gasteiger partial charge in [0.2, 0.25) is 0 Å². The van der Waals surface area contributed by atoms with E-state index in [-0.39, 0.29) is 6.04 Å². The van der Waals surface area contributed by atoms with Crippen LogP contribution in [-0.2, 0) is 6.42 Å². The number of benzene rings is 3. The van der Waals surface area contributed by atoms with Gasteiger partial charge < -0.3 is 5.73 Å². The number of fused-ring (bicyclic) bond motifs is 1. The van der Waals surface area contributed by atoms with Crippen LogP contribution in [0.1, 0.15) is 73.5 Å². The maximum atomic E-state index is 6.23. The molecule has 0 aliphatic carbocycles. The summed E-state index contributed by atoms with van der Waals surface area (Å²) in [5.41, 5.74) is 13.3. The van der Waals surface area contributed by atoms with Crippen LogP contribution in [0.4, 0.5) is 0 Å². The molecule has 3 aromatic carbocycles. The number of rotatable bonds is 9. The number of aryl methyl sites for hydroxylation is 1. The van der Waals surface area contributed by atoms with Gasteiger partial charge in [-0.05, 0) is 84.6 Å². The first-order valence-corrected chi connectivity index (χ1v) is 13.4. The molecule has 2 N–H and O–H groups in total. The zero-order valence-corrected chi connectivity index (χ0v) is 23.1. The zero-order valence-electron chi connectivity index (χ0n) is 22.3. The predicted molar refractivity (Wildman–Crippen MR) is 163 cm³/mol. The average molecular weight is 511 g/mol. The van der Waals surface area contributed by atoms with Crippen LogP contribution in [0.15, 0.2) is 92.0 Å². The molecule has 37 heavy (non-hydrogen) atoms. The second-order valence-electron chi connectivity index (χ2n) is 9.93. The zero-order chi connectivity index (χ0) is 26.8. The van der Waals surface area contributed by atoms with Crippen LogP contribution in [0, 0.1) is 5.92 Å². The summed E-state index contributed by atoms with van der Waals surface area (Å²) in [7, 11) is 0. The van der Waals surface area contributed by atoms with E-state index in [0.717, 1.165) is 29.4 Å². The third-order valence-electron chi connectivity index (χ3n) is 6.57. The largest absolute Gasteiger partial charge is 0.324 e. The number of pyridine rings is 1. The van der Waals surface area contributed by atoms with E-state index >= 15 is 0 Å². The Kier molecular flexibility index (Phi) is 10.7. The number of nitrogens with two attached hydrogens (primary N) is 1. The Morgan fingerprint density at radius 2 is 1.65 bits per heavy atom. The van der Waals surface area contributed by atoms with Gasteiger partial charge in [-0.15, -0.1) is 13.2 Å². The SMILES string of the molecule is C=C.CC(C)C[C@H](CCc1ccccc1C(C)N)c1cccc(/C=C/c2ccc3ccc(Cl)cc3n2)c1. The summed E-state index contributed by atoms with van der Waals surface area (Å²) in [4.78, 5) is 4.75. The quantitative estimate of drug-likeness (QED) is 0.227. The van der Waals surface area contributed by atoms with E-state index in [4.69, 9.17) is 22.3 Å². The predicted octanol–water partition coefficient (Wildman–Crippen LogP) is 9.64. The third-order valence-corrected chi connectivity index (χ3v) is 6.80. The van der Waals surface area contributed by atoms with Crippen molar-refractivity contribution in [1.82, 2.24) is 4.98 Å². The van der Waals surface area contributed by atoms with Crippen LogP contribution in [0.25, 0.3) is 23.1 Å². The Morgan fingerprint density at radius 1 is 0.892 bits per heavy atom. The summed E-state index contributed by atoms with van der Waals surface area (Å²) in [6.07, 6.45) is 7.55. The second kappa shape index (κ2) is 13.9. The number of halogens is 1. The maximum absolute atomic E-state index is 6.23. The first kappa shape index (κ1) is 28.4. The van der Waals surface area contributed by atoms with Crippen LogP contribution in [-0.4, -0.2) is 4.98 Å². The van der Waals surface area contributed by atoms with E-state index in [9.17, 15) is 0 Å². The Hall–Kier alpha value is -3.20. The molecule has 0 saturated heterocycles. The molecule has 192 valence electrons. The van der Waals surface area contributed by atoms with Crippen molar-refractivity contribution in [2.45, 2.75) is 52.0 Å². The van der Waals surface area contributed by atoms with Gasteiger partial charge in [0.15, 0.2) is 0 Å². The summed E-state index contributed by atoms with van der Waals surface area (Å²) >= 11 is 6.15. The minimum Gasteiger partial charge on any atom is -0.324 e. The molecule has 1 heterocycles. The van der Waals surface area contributed by atoms with Gasteiger partial charge in [-0.3, -0.25) is 0 Å². The highest BCUT2D eigenvalue weighted by atomic mass is 35.5. The molecule has 0 aliphatic heterocycles. The number of aromatic nitrogens is 1. The van der Waals surface area contributed by atoms with Gasteiger partial charge in [0, 0.05) is 16.5 Å². The molecule has 0 spiro atoms. The van der Waals surface area contributed by atoms with Gasteiger partial charge in [0.25, 0.3) is 0 Å². The Morgan fingerprint density at radius 3 is 2.41 bits per heavy atom. The topological polar surface area (TPSA) is 38.9 Å². The minimum atomic E-state index is 0.0583. The van der Waals surface area contributed by atoms with Crippen molar-refractivity contribution >= 4 is 34.7 Å². The molecule has 1 unspecified atom stereocenters. The molecule has 0 bridgehead atoms. The summed E-state index contributed by atoms with van der Waals surface area (Å²) in [5, 5.41) is 1.80. The van der Waals surface area contributed by atoms with E-state index < -0.39 is 0 Å². The monoisotopic (exact) mass is 510 g/mol. The lowest BCUT2D eigenvalue weighted by Crippen LogP contribution is -2.10. The molecule has 1 aromatic heterocycles. The van der Waals surface area contributed by atoms with Crippen LogP contribution < -0.4 is 5.73 Å². The van der Waals surface area contributed by atoms with Crippen LogP contribution in [0.5, 0.6) is 0 Å².